The van der Waals surface area contributed by atoms with E-state index in [1.165, 1.54) is 0 Å². The molecular formula is C26H29ClN2O3S. The zero-order chi connectivity index (χ0) is 23.6. The highest BCUT2D eigenvalue weighted by Crippen LogP contribution is 2.54. The lowest BCUT2D eigenvalue weighted by Crippen LogP contribution is -2.35. The van der Waals surface area contributed by atoms with E-state index in [1.54, 1.807) is 36.4 Å². The van der Waals surface area contributed by atoms with Crippen molar-refractivity contribution in [1.82, 2.24) is 4.98 Å². The van der Waals surface area contributed by atoms with Gasteiger partial charge in [-0.15, -0.1) is 0 Å². The van der Waals surface area contributed by atoms with Gasteiger partial charge >= 0.3 is 0 Å². The lowest BCUT2D eigenvalue weighted by atomic mass is 9.65. The Hall–Kier alpha value is -2.31. The fourth-order valence-corrected chi connectivity index (χ4v) is 7.46. The molecule has 5 rings (SSSR count). The predicted octanol–water partition coefficient (Wildman–Crippen LogP) is 6.54. The quantitative estimate of drug-likeness (QED) is 0.420. The molecule has 3 aromatic rings. The average molecular weight is 485 g/mol. The van der Waals surface area contributed by atoms with Gasteiger partial charge in [0, 0.05) is 12.6 Å². The molecular weight excluding hydrogens is 456 g/mol. The van der Waals surface area contributed by atoms with Gasteiger partial charge in [-0.05, 0) is 61.3 Å². The second-order valence-electron chi connectivity index (χ2n) is 10.8. The number of rotatable bonds is 4. The van der Waals surface area contributed by atoms with E-state index in [2.05, 4.69) is 30.7 Å². The molecule has 1 aliphatic heterocycles. The van der Waals surface area contributed by atoms with E-state index in [1.807, 2.05) is 19.1 Å². The summed E-state index contributed by atoms with van der Waals surface area (Å²) in [6.45, 7) is 9.55. The van der Waals surface area contributed by atoms with Gasteiger partial charge in [-0.1, -0.05) is 62.2 Å². The van der Waals surface area contributed by atoms with Crippen LogP contribution in [0.3, 0.4) is 0 Å². The number of benzene rings is 2. The van der Waals surface area contributed by atoms with E-state index in [0.717, 1.165) is 31.4 Å². The maximum absolute atomic E-state index is 13.8. The van der Waals surface area contributed by atoms with Crippen molar-refractivity contribution in [2.75, 3.05) is 11.4 Å². The molecule has 174 valence electrons. The summed E-state index contributed by atoms with van der Waals surface area (Å²) in [5, 5.41) is 0.438. The first-order valence-electron chi connectivity index (χ1n) is 11.3. The molecule has 33 heavy (non-hydrogen) atoms. The highest BCUT2D eigenvalue weighted by atomic mass is 35.5. The van der Waals surface area contributed by atoms with Crippen molar-refractivity contribution >= 4 is 27.3 Å². The van der Waals surface area contributed by atoms with Gasteiger partial charge in [0.05, 0.1) is 15.5 Å². The van der Waals surface area contributed by atoms with Crippen molar-refractivity contribution in [2.24, 2.45) is 10.8 Å². The third kappa shape index (κ3) is 3.97. The molecule has 1 aromatic heterocycles. The van der Waals surface area contributed by atoms with Crippen LogP contribution in [-0.2, 0) is 9.84 Å². The molecule has 2 heterocycles. The highest BCUT2D eigenvalue weighted by molar-refractivity contribution is 7.91. The number of oxazole rings is 1. The Bertz CT molecular complexity index is 1310. The van der Waals surface area contributed by atoms with Gasteiger partial charge in [0.2, 0.25) is 26.6 Å². The number of sulfone groups is 1. The monoisotopic (exact) mass is 484 g/mol. The second kappa shape index (κ2) is 7.60. The van der Waals surface area contributed by atoms with Gasteiger partial charge in [-0.25, -0.2) is 8.42 Å². The Labute approximate surface area is 200 Å². The lowest BCUT2D eigenvalue weighted by Gasteiger charge is -2.39. The molecule has 2 aliphatic rings. The molecule has 1 saturated carbocycles. The summed E-state index contributed by atoms with van der Waals surface area (Å²) in [6, 6.07) is 14.3. The number of hydrogen-bond donors (Lipinski definition) is 0. The van der Waals surface area contributed by atoms with Crippen molar-refractivity contribution in [1.29, 1.82) is 0 Å². The molecule has 0 radical (unpaired) electrons. The first-order valence-corrected chi connectivity index (χ1v) is 13.2. The van der Waals surface area contributed by atoms with Gasteiger partial charge in [-0.3, -0.25) is 0 Å². The van der Waals surface area contributed by atoms with E-state index < -0.39 is 9.84 Å². The summed E-state index contributed by atoms with van der Waals surface area (Å²) in [4.78, 5) is 6.90. The zero-order valence-electron chi connectivity index (χ0n) is 19.4. The predicted molar refractivity (Wildman–Crippen MR) is 130 cm³/mol. The topological polar surface area (TPSA) is 63.4 Å². The SMILES string of the molecule is Cc1ccc(S(=O)(=O)c2nc(-c3ccccc3Cl)oc2N2C[C@@]3(C)C[C@@H]2CC(C)(C)C3)cc1. The summed E-state index contributed by atoms with van der Waals surface area (Å²) in [6.07, 6.45) is 3.09. The first-order chi connectivity index (χ1) is 15.5. The van der Waals surface area contributed by atoms with Crippen LogP contribution in [0.2, 0.25) is 5.02 Å². The number of anilines is 1. The van der Waals surface area contributed by atoms with Crippen LogP contribution in [0.25, 0.3) is 11.5 Å². The molecule has 2 atom stereocenters. The number of hydrogen-bond acceptors (Lipinski definition) is 5. The van der Waals surface area contributed by atoms with E-state index >= 15 is 0 Å². The molecule has 5 nitrogen and oxygen atoms in total. The van der Waals surface area contributed by atoms with Gasteiger partial charge < -0.3 is 9.32 Å². The van der Waals surface area contributed by atoms with E-state index in [4.69, 9.17) is 16.0 Å². The highest BCUT2D eigenvalue weighted by Gasteiger charge is 2.51. The molecule has 2 aromatic carbocycles. The molecule has 0 spiro atoms. The van der Waals surface area contributed by atoms with Crippen LogP contribution in [-0.4, -0.2) is 26.0 Å². The summed E-state index contributed by atoms with van der Waals surface area (Å²) < 4.78 is 33.8. The minimum absolute atomic E-state index is 0.0322. The third-order valence-electron chi connectivity index (χ3n) is 6.95. The van der Waals surface area contributed by atoms with Crippen LogP contribution in [0.5, 0.6) is 0 Å². The Kier molecular flexibility index (Phi) is 5.18. The van der Waals surface area contributed by atoms with Crippen LogP contribution in [0, 0.1) is 17.8 Å². The van der Waals surface area contributed by atoms with Crippen LogP contribution < -0.4 is 4.90 Å². The van der Waals surface area contributed by atoms with Gasteiger partial charge in [-0.2, -0.15) is 4.98 Å². The summed E-state index contributed by atoms with van der Waals surface area (Å²) in [5.41, 5.74) is 1.87. The van der Waals surface area contributed by atoms with Crippen LogP contribution in [0.1, 0.15) is 45.6 Å². The summed E-state index contributed by atoms with van der Waals surface area (Å²) in [7, 11) is -3.89. The maximum Gasteiger partial charge on any atom is 0.236 e. The molecule has 0 N–H and O–H groups in total. The average Bonchev–Trinajstić information content (AvgIpc) is 3.27. The summed E-state index contributed by atoms with van der Waals surface area (Å²) >= 11 is 6.41. The molecule has 2 fully saturated rings. The van der Waals surface area contributed by atoms with Crippen molar-refractivity contribution in [3.8, 4) is 11.5 Å². The first kappa shape index (κ1) is 22.5. The summed E-state index contributed by atoms with van der Waals surface area (Å²) in [5.74, 6) is 0.559. The largest absolute Gasteiger partial charge is 0.419 e. The minimum Gasteiger partial charge on any atom is -0.419 e. The Balaban J connectivity index is 1.67. The Morgan fingerprint density at radius 3 is 2.45 bits per heavy atom. The number of fused-ring (bicyclic) bond motifs is 2. The minimum atomic E-state index is -3.89. The molecule has 0 unspecified atom stereocenters. The molecule has 2 bridgehead atoms. The zero-order valence-corrected chi connectivity index (χ0v) is 21.0. The van der Waals surface area contributed by atoms with E-state index in [0.29, 0.717) is 16.5 Å². The maximum atomic E-state index is 13.8. The van der Waals surface area contributed by atoms with Crippen molar-refractivity contribution in [3.05, 3.63) is 59.1 Å². The van der Waals surface area contributed by atoms with Crippen LogP contribution in [0.4, 0.5) is 5.88 Å². The number of aryl methyl sites for hydroxylation is 1. The van der Waals surface area contributed by atoms with Crippen molar-refractivity contribution in [2.45, 2.75) is 62.9 Å². The van der Waals surface area contributed by atoms with Gasteiger partial charge in [0.25, 0.3) is 0 Å². The Morgan fingerprint density at radius 1 is 1.06 bits per heavy atom. The second-order valence-corrected chi connectivity index (χ2v) is 13.0. The fourth-order valence-electron chi connectivity index (χ4n) is 5.93. The molecule has 1 aliphatic carbocycles. The Morgan fingerprint density at radius 2 is 1.76 bits per heavy atom. The fraction of sp³-hybridized carbons (Fsp3) is 0.423. The van der Waals surface area contributed by atoms with Gasteiger partial charge in [0.1, 0.15) is 0 Å². The van der Waals surface area contributed by atoms with E-state index in [9.17, 15) is 8.42 Å². The van der Waals surface area contributed by atoms with E-state index in [-0.39, 0.29) is 32.7 Å². The third-order valence-corrected chi connectivity index (χ3v) is 8.94. The number of aromatic nitrogens is 1. The van der Waals surface area contributed by atoms with Crippen molar-refractivity contribution < 1.29 is 12.8 Å². The normalized spacial score (nSPS) is 24.3. The smallest absolute Gasteiger partial charge is 0.236 e. The molecule has 0 amide bonds. The van der Waals surface area contributed by atoms with Crippen molar-refractivity contribution in [3.63, 3.8) is 0 Å². The molecule has 1 saturated heterocycles. The number of halogens is 1. The van der Waals surface area contributed by atoms with Crippen LogP contribution in [0.15, 0.2) is 62.9 Å². The standard InChI is InChI=1S/C26H29ClN2O3S/c1-17-9-11-19(12-10-17)33(30,31)23-24(32-22(28-23)20-7-5-6-8-21(20)27)29-16-26(4)14-18(29)13-25(2,3)15-26/h5-12,18H,13-16H2,1-4H3/t18-,26-/m0/s1. The molecule has 7 heteroatoms. The lowest BCUT2D eigenvalue weighted by molar-refractivity contribution is 0.136. The van der Waals surface area contributed by atoms with Crippen LogP contribution >= 0.6 is 11.6 Å². The number of nitrogens with zero attached hydrogens (tertiary/aromatic N) is 2. The van der Waals surface area contributed by atoms with Gasteiger partial charge in [0.15, 0.2) is 0 Å².